The molecule has 3 rings (SSSR count). The van der Waals surface area contributed by atoms with Crippen LogP contribution in [0.1, 0.15) is 22.2 Å². The summed E-state index contributed by atoms with van der Waals surface area (Å²) in [6.07, 6.45) is -0.699. The van der Waals surface area contributed by atoms with E-state index in [0.717, 1.165) is 16.5 Å². The second-order valence-electron chi connectivity index (χ2n) is 4.77. The molecule has 1 aromatic carbocycles. The first-order valence-corrected chi connectivity index (χ1v) is 7.51. The maximum Gasteiger partial charge on any atom is 0.272 e. The number of amides is 1. The third-order valence-corrected chi connectivity index (χ3v) is 4.06. The van der Waals surface area contributed by atoms with Gasteiger partial charge >= 0.3 is 0 Å². The monoisotopic (exact) mass is 301 g/mol. The summed E-state index contributed by atoms with van der Waals surface area (Å²) in [5.74, 6) is -0.277. The van der Waals surface area contributed by atoms with Crippen molar-refractivity contribution < 1.29 is 9.90 Å². The Labute approximate surface area is 125 Å². The molecule has 2 N–H and O–H groups in total. The number of carbonyl (C=O) groups is 1. The summed E-state index contributed by atoms with van der Waals surface area (Å²) < 4.78 is 1.68. The van der Waals surface area contributed by atoms with Crippen LogP contribution in [0.15, 0.2) is 41.1 Å². The number of hydrogen-bond donors (Lipinski definition) is 2. The van der Waals surface area contributed by atoms with Gasteiger partial charge in [0.05, 0.1) is 11.6 Å². The quantitative estimate of drug-likeness (QED) is 0.775. The third-order valence-electron chi connectivity index (χ3n) is 3.36. The summed E-state index contributed by atoms with van der Waals surface area (Å²) in [4.78, 5) is 12.3. The van der Waals surface area contributed by atoms with Gasteiger partial charge in [-0.2, -0.15) is 16.4 Å². The summed E-state index contributed by atoms with van der Waals surface area (Å²) >= 11 is 1.52. The normalized spacial score (nSPS) is 12.5. The van der Waals surface area contributed by atoms with E-state index >= 15 is 0 Å². The summed E-state index contributed by atoms with van der Waals surface area (Å²) in [7, 11) is 1.80. The van der Waals surface area contributed by atoms with Gasteiger partial charge in [-0.1, -0.05) is 18.2 Å². The number of fused-ring (bicyclic) bond motifs is 1. The lowest BCUT2D eigenvalue weighted by molar-refractivity contribution is 0.0912. The standard InChI is InChI=1S/C15H15N3O2S/c1-18-12-5-3-2-4-11(12)14(17-18)15(20)16-8-13(19)10-6-7-21-9-10/h2-7,9,13,19H,8H2,1H3,(H,16,20). The van der Waals surface area contributed by atoms with Crippen molar-refractivity contribution in [2.75, 3.05) is 6.54 Å². The molecule has 0 radical (unpaired) electrons. The molecule has 0 saturated carbocycles. The first-order valence-electron chi connectivity index (χ1n) is 6.57. The Balaban J connectivity index is 1.75. The molecule has 0 aliphatic carbocycles. The second kappa shape index (κ2) is 5.67. The molecule has 0 bridgehead atoms. The molecule has 0 aliphatic heterocycles. The minimum Gasteiger partial charge on any atom is -0.387 e. The topological polar surface area (TPSA) is 67.2 Å². The number of nitrogens with one attached hydrogen (secondary N) is 1. The number of carbonyl (C=O) groups excluding carboxylic acids is 1. The van der Waals surface area contributed by atoms with Crippen LogP contribution in [0.2, 0.25) is 0 Å². The number of aryl methyl sites for hydroxylation is 1. The predicted molar refractivity (Wildman–Crippen MR) is 82.3 cm³/mol. The van der Waals surface area contributed by atoms with Crippen molar-refractivity contribution in [2.24, 2.45) is 7.05 Å². The average Bonchev–Trinajstić information content (AvgIpc) is 3.13. The molecule has 0 spiro atoms. The number of aromatic nitrogens is 2. The Morgan fingerprint density at radius 2 is 2.24 bits per heavy atom. The summed E-state index contributed by atoms with van der Waals surface area (Å²) in [6, 6.07) is 9.41. The van der Waals surface area contributed by atoms with Crippen LogP contribution in [-0.4, -0.2) is 27.3 Å². The van der Waals surface area contributed by atoms with Gasteiger partial charge in [0, 0.05) is 19.0 Å². The molecule has 0 fully saturated rings. The van der Waals surface area contributed by atoms with E-state index in [4.69, 9.17) is 0 Å². The van der Waals surface area contributed by atoms with Gasteiger partial charge in [-0.15, -0.1) is 0 Å². The van der Waals surface area contributed by atoms with E-state index in [1.54, 1.807) is 11.7 Å². The van der Waals surface area contributed by atoms with Gasteiger partial charge in [0.1, 0.15) is 0 Å². The Morgan fingerprint density at radius 3 is 3.00 bits per heavy atom. The average molecular weight is 301 g/mol. The number of nitrogens with zero attached hydrogens (tertiary/aromatic N) is 2. The fourth-order valence-electron chi connectivity index (χ4n) is 2.24. The third kappa shape index (κ3) is 2.68. The number of thiophene rings is 1. The largest absolute Gasteiger partial charge is 0.387 e. The highest BCUT2D eigenvalue weighted by Gasteiger charge is 2.17. The van der Waals surface area contributed by atoms with Crippen LogP contribution in [0.3, 0.4) is 0 Å². The van der Waals surface area contributed by atoms with E-state index in [9.17, 15) is 9.90 Å². The van der Waals surface area contributed by atoms with Crippen LogP contribution in [0.4, 0.5) is 0 Å². The van der Waals surface area contributed by atoms with Crippen molar-refractivity contribution in [2.45, 2.75) is 6.10 Å². The summed E-state index contributed by atoms with van der Waals surface area (Å²) in [5, 5.41) is 21.5. The van der Waals surface area contributed by atoms with Crippen LogP contribution in [0, 0.1) is 0 Å². The SMILES string of the molecule is Cn1nc(C(=O)NCC(O)c2ccsc2)c2ccccc21. The van der Waals surface area contributed by atoms with Gasteiger partial charge in [-0.25, -0.2) is 0 Å². The van der Waals surface area contributed by atoms with Gasteiger partial charge in [0.25, 0.3) is 5.91 Å². The molecule has 108 valence electrons. The fraction of sp³-hybridized carbons (Fsp3) is 0.200. The van der Waals surface area contributed by atoms with E-state index < -0.39 is 6.10 Å². The first kappa shape index (κ1) is 13.8. The second-order valence-corrected chi connectivity index (χ2v) is 5.55. The molecule has 3 aromatic rings. The van der Waals surface area contributed by atoms with Gasteiger partial charge in [0.2, 0.25) is 0 Å². The molecule has 21 heavy (non-hydrogen) atoms. The van der Waals surface area contributed by atoms with Crippen molar-refractivity contribution in [3.05, 3.63) is 52.3 Å². The van der Waals surface area contributed by atoms with E-state index in [1.807, 2.05) is 41.1 Å². The van der Waals surface area contributed by atoms with E-state index in [1.165, 1.54) is 11.3 Å². The minimum atomic E-state index is -0.699. The number of benzene rings is 1. The van der Waals surface area contributed by atoms with Crippen molar-refractivity contribution >= 4 is 28.1 Å². The molecule has 5 nitrogen and oxygen atoms in total. The number of aliphatic hydroxyl groups excluding tert-OH is 1. The van der Waals surface area contributed by atoms with Gasteiger partial charge < -0.3 is 10.4 Å². The first-order chi connectivity index (χ1) is 10.2. The maximum absolute atomic E-state index is 12.3. The lowest BCUT2D eigenvalue weighted by atomic mass is 10.2. The highest BCUT2D eigenvalue weighted by molar-refractivity contribution is 7.07. The molecular weight excluding hydrogens is 286 g/mol. The van der Waals surface area contributed by atoms with Gasteiger partial charge in [-0.05, 0) is 28.5 Å². The number of aliphatic hydroxyl groups is 1. The highest BCUT2D eigenvalue weighted by Crippen LogP contribution is 2.18. The highest BCUT2D eigenvalue weighted by atomic mass is 32.1. The van der Waals surface area contributed by atoms with Gasteiger partial charge in [-0.3, -0.25) is 9.48 Å². The zero-order chi connectivity index (χ0) is 14.8. The summed E-state index contributed by atoms with van der Waals surface area (Å²) in [5.41, 5.74) is 2.10. The lowest BCUT2D eigenvalue weighted by Crippen LogP contribution is -2.28. The van der Waals surface area contributed by atoms with Crippen LogP contribution < -0.4 is 5.32 Å². The molecule has 0 aliphatic rings. The van der Waals surface area contributed by atoms with E-state index in [0.29, 0.717) is 5.69 Å². The number of hydrogen-bond acceptors (Lipinski definition) is 4. The van der Waals surface area contributed by atoms with Crippen molar-refractivity contribution in [1.29, 1.82) is 0 Å². The van der Waals surface area contributed by atoms with Crippen molar-refractivity contribution in [1.82, 2.24) is 15.1 Å². The zero-order valence-corrected chi connectivity index (χ0v) is 12.3. The van der Waals surface area contributed by atoms with Crippen LogP contribution >= 0.6 is 11.3 Å². The Morgan fingerprint density at radius 1 is 1.43 bits per heavy atom. The number of para-hydroxylation sites is 1. The predicted octanol–water partition coefficient (Wildman–Crippen LogP) is 2.10. The van der Waals surface area contributed by atoms with Crippen LogP contribution in [0.25, 0.3) is 10.9 Å². The number of rotatable bonds is 4. The molecule has 2 heterocycles. The van der Waals surface area contributed by atoms with E-state index in [2.05, 4.69) is 10.4 Å². The lowest BCUT2D eigenvalue weighted by Gasteiger charge is -2.09. The molecule has 1 atom stereocenters. The van der Waals surface area contributed by atoms with Crippen LogP contribution in [-0.2, 0) is 7.05 Å². The van der Waals surface area contributed by atoms with Crippen molar-refractivity contribution in [3.63, 3.8) is 0 Å². The Hall–Kier alpha value is -2.18. The molecule has 2 aromatic heterocycles. The molecular formula is C15H15N3O2S. The van der Waals surface area contributed by atoms with Crippen LogP contribution in [0.5, 0.6) is 0 Å². The Bertz CT molecular complexity index is 764. The van der Waals surface area contributed by atoms with E-state index in [-0.39, 0.29) is 12.5 Å². The molecule has 6 heteroatoms. The molecule has 1 unspecified atom stereocenters. The fourth-order valence-corrected chi connectivity index (χ4v) is 2.94. The minimum absolute atomic E-state index is 0.167. The smallest absolute Gasteiger partial charge is 0.272 e. The summed E-state index contributed by atoms with van der Waals surface area (Å²) in [6.45, 7) is 0.167. The molecule has 0 saturated heterocycles. The zero-order valence-electron chi connectivity index (χ0n) is 11.5. The van der Waals surface area contributed by atoms with Gasteiger partial charge in [0.15, 0.2) is 5.69 Å². The van der Waals surface area contributed by atoms with Crippen molar-refractivity contribution in [3.8, 4) is 0 Å². The Kier molecular flexibility index (Phi) is 3.72. The maximum atomic E-state index is 12.3. The molecule has 1 amide bonds.